The average Bonchev–Trinajstić information content (AvgIpc) is 4.23. The number of para-hydroxylation sites is 2. The number of carbonyl (C=O) groups is 2. The van der Waals surface area contributed by atoms with Crippen LogP contribution in [0.2, 0.25) is 0 Å². The Hall–Kier alpha value is -8.76. The number of rotatable bonds is 7. The Morgan fingerprint density at radius 3 is 1.41 bits per heavy atom. The maximum absolute atomic E-state index is 14.1. The fraction of sp³-hybridized carbons (Fsp3) is 0.0714. The van der Waals surface area contributed by atoms with E-state index in [4.69, 9.17) is 9.97 Å². The molecule has 0 radical (unpaired) electrons. The second-order valence-electron chi connectivity index (χ2n) is 16.5. The van der Waals surface area contributed by atoms with Crippen LogP contribution < -0.4 is 16.0 Å². The van der Waals surface area contributed by atoms with Gasteiger partial charge in [-0.15, -0.1) is 0 Å². The standard InChI is InChI=1S/C56H44N8O2/c65-55(57-39-21-11-4-12-22-39)58-40-33-34-64(35-40)56(66)63-42-24-14-13-23-41(42)54-49-31-29-47(61-49)52(37-17-7-2-8-18-37)45-27-25-43(59-45)51(36-15-5-1-6-16-36)44-26-28-46(60-44)53(38-19-9-3-10-20-38)48-30-32-50(54)62-48/h1-32,40,59,62H,33-35H2,(H,63,66)(H2,57,58,65)/t40-/m0/s1. The fourth-order valence-corrected chi connectivity index (χ4v) is 9.16. The third-order valence-corrected chi connectivity index (χ3v) is 12.2. The van der Waals surface area contributed by atoms with Crippen molar-refractivity contribution in [2.24, 2.45) is 0 Å². The normalized spacial score (nSPS) is 14.0. The van der Waals surface area contributed by atoms with Gasteiger partial charge < -0.3 is 30.8 Å². The van der Waals surface area contributed by atoms with E-state index in [1.807, 2.05) is 97.1 Å². The number of H-pyrrole nitrogens is 2. The summed E-state index contributed by atoms with van der Waals surface area (Å²) >= 11 is 0. The predicted octanol–water partition coefficient (Wildman–Crippen LogP) is 12.8. The molecule has 5 N–H and O–H groups in total. The Balaban J connectivity index is 1.08. The molecule has 0 saturated carbocycles. The summed E-state index contributed by atoms with van der Waals surface area (Å²) in [6, 6.07) is 55.9. The summed E-state index contributed by atoms with van der Waals surface area (Å²) in [7, 11) is 0. The van der Waals surface area contributed by atoms with Gasteiger partial charge in [0, 0.05) is 74.7 Å². The lowest BCUT2D eigenvalue weighted by molar-refractivity contribution is 0.220. The zero-order chi connectivity index (χ0) is 44.4. The van der Waals surface area contributed by atoms with E-state index in [9.17, 15) is 9.59 Å². The summed E-state index contributed by atoms with van der Waals surface area (Å²) in [5, 5.41) is 9.15. The highest BCUT2D eigenvalue weighted by atomic mass is 16.2. The lowest BCUT2D eigenvalue weighted by atomic mass is 10.0. The number of fused-ring (bicyclic) bond motifs is 8. The smallest absolute Gasteiger partial charge is 0.321 e. The number of hydrogen-bond acceptors (Lipinski definition) is 4. The molecule has 6 heterocycles. The van der Waals surface area contributed by atoms with Crippen molar-refractivity contribution in [1.29, 1.82) is 0 Å². The van der Waals surface area contributed by atoms with Gasteiger partial charge in [0.1, 0.15) is 0 Å². The second-order valence-corrected chi connectivity index (χ2v) is 16.5. The first kappa shape index (κ1) is 40.0. The van der Waals surface area contributed by atoms with E-state index in [1.54, 1.807) is 4.90 Å². The molecule has 0 unspecified atom stereocenters. The van der Waals surface area contributed by atoms with E-state index >= 15 is 0 Å². The number of urea groups is 2. The van der Waals surface area contributed by atoms with Gasteiger partial charge in [0.05, 0.1) is 28.5 Å². The molecule has 11 rings (SSSR count). The van der Waals surface area contributed by atoms with Crippen molar-refractivity contribution in [3.63, 3.8) is 0 Å². The molecule has 3 aliphatic heterocycles. The quantitative estimate of drug-likeness (QED) is 0.109. The van der Waals surface area contributed by atoms with E-state index in [0.29, 0.717) is 30.9 Å². The number of aromatic nitrogens is 4. The highest BCUT2D eigenvalue weighted by molar-refractivity contribution is 6.03. The predicted molar refractivity (Wildman–Crippen MR) is 268 cm³/mol. The number of carbonyl (C=O) groups excluding carboxylic acids is 2. The van der Waals surface area contributed by atoms with Gasteiger partial charge in [-0.2, -0.15) is 0 Å². The summed E-state index contributed by atoms with van der Waals surface area (Å²) in [6.07, 6.45) is 8.96. The number of anilines is 2. The Labute approximate surface area is 381 Å². The highest BCUT2D eigenvalue weighted by Gasteiger charge is 2.28. The summed E-state index contributed by atoms with van der Waals surface area (Å²) in [5.74, 6) is 0. The summed E-state index contributed by atoms with van der Waals surface area (Å²) in [6.45, 7) is 0.868. The number of benzene rings is 5. The molecule has 8 bridgehead atoms. The lowest BCUT2D eigenvalue weighted by Crippen LogP contribution is -2.41. The molecule has 3 aromatic heterocycles. The monoisotopic (exact) mass is 860 g/mol. The van der Waals surface area contributed by atoms with E-state index in [-0.39, 0.29) is 18.1 Å². The van der Waals surface area contributed by atoms with Crippen molar-refractivity contribution in [2.45, 2.75) is 12.5 Å². The first-order valence-corrected chi connectivity index (χ1v) is 22.1. The van der Waals surface area contributed by atoms with Gasteiger partial charge in [-0.3, -0.25) is 0 Å². The Kier molecular flexibility index (Phi) is 10.6. The van der Waals surface area contributed by atoms with Gasteiger partial charge in [0.15, 0.2) is 0 Å². The average molecular weight is 861 g/mol. The zero-order valence-corrected chi connectivity index (χ0v) is 35.8. The van der Waals surface area contributed by atoms with Crippen molar-refractivity contribution in [1.82, 2.24) is 30.2 Å². The molecule has 8 aromatic rings. The fourth-order valence-electron chi connectivity index (χ4n) is 9.16. The minimum atomic E-state index is -0.302. The number of amides is 4. The molecule has 0 aliphatic carbocycles. The Morgan fingerprint density at radius 1 is 0.485 bits per heavy atom. The highest BCUT2D eigenvalue weighted by Crippen LogP contribution is 2.40. The van der Waals surface area contributed by atoms with Crippen LogP contribution in [0.5, 0.6) is 0 Å². The van der Waals surface area contributed by atoms with Gasteiger partial charge >= 0.3 is 12.1 Å². The number of nitrogens with zero attached hydrogens (tertiary/aromatic N) is 3. The van der Waals surface area contributed by atoms with Crippen molar-refractivity contribution in [2.75, 3.05) is 23.7 Å². The number of aromatic amines is 2. The molecule has 1 atom stereocenters. The maximum Gasteiger partial charge on any atom is 0.321 e. The molecule has 0 spiro atoms. The van der Waals surface area contributed by atoms with Crippen LogP contribution in [0.3, 0.4) is 0 Å². The molecule has 3 aliphatic rings. The Bertz CT molecular complexity index is 3320. The van der Waals surface area contributed by atoms with Crippen molar-refractivity contribution < 1.29 is 9.59 Å². The molecule has 10 nitrogen and oxygen atoms in total. The van der Waals surface area contributed by atoms with E-state index < -0.39 is 0 Å². The van der Waals surface area contributed by atoms with E-state index in [2.05, 4.69) is 123 Å². The van der Waals surface area contributed by atoms with E-state index in [0.717, 1.165) is 89.4 Å². The van der Waals surface area contributed by atoms with Gasteiger partial charge in [0.2, 0.25) is 0 Å². The number of hydrogen-bond donors (Lipinski definition) is 5. The molecule has 320 valence electrons. The van der Waals surface area contributed by atoms with Gasteiger partial charge in [-0.25, -0.2) is 19.6 Å². The Morgan fingerprint density at radius 2 is 0.909 bits per heavy atom. The van der Waals surface area contributed by atoms with Crippen LogP contribution in [-0.4, -0.2) is 56.0 Å². The third kappa shape index (κ3) is 7.92. The van der Waals surface area contributed by atoms with Crippen LogP contribution >= 0.6 is 0 Å². The molecule has 1 saturated heterocycles. The summed E-state index contributed by atoms with van der Waals surface area (Å²) in [5.41, 5.74) is 15.7. The van der Waals surface area contributed by atoms with Gasteiger partial charge in [-0.1, -0.05) is 127 Å². The van der Waals surface area contributed by atoms with Crippen LogP contribution in [0.15, 0.2) is 170 Å². The second kappa shape index (κ2) is 17.4. The first-order chi connectivity index (χ1) is 32.5. The molecular formula is C56H44N8O2. The van der Waals surface area contributed by atoms with Crippen molar-refractivity contribution in [3.8, 4) is 44.5 Å². The third-order valence-electron chi connectivity index (χ3n) is 12.2. The van der Waals surface area contributed by atoms with Crippen LogP contribution in [0, 0.1) is 0 Å². The van der Waals surface area contributed by atoms with Crippen molar-refractivity contribution >= 4 is 69.8 Å². The van der Waals surface area contributed by atoms with Crippen LogP contribution in [0.25, 0.3) is 90.9 Å². The summed E-state index contributed by atoms with van der Waals surface area (Å²) < 4.78 is 0. The van der Waals surface area contributed by atoms with Crippen LogP contribution in [0.4, 0.5) is 21.0 Å². The first-order valence-electron chi connectivity index (χ1n) is 22.1. The van der Waals surface area contributed by atoms with Crippen LogP contribution in [0.1, 0.15) is 29.2 Å². The molecule has 5 aromatic carbocycles. The molecule has 66 heavy (non-hydrogen) atoms. The maximum atomic E-state index is 14.1. The van der Waals surface area contributed by atoms with Gasteiger partial charge in [0.25, 0.3) is 0 Å². The number of likely N-dealkylation sites (tertiary alicyclic amines) is 1. The van der Waals surface area contributed by atoms with Crippen molar-refractivity contribution in [3.05, 3.63) is 193 Å². The lowest BCUT2D eigenvalue weighted by Gasteiger charge is -2.20. The molecule has 4 amide bonds. The number of nitrogens with one attached hydrogen (secondary N) is 5. The largest absolute Gasteiger partial charge is 0.354 e. The molecule has 10 heteroatoms. The zero-order valence-electron chi connectivity index (χ0n) is 35.8. The molecule has 1 fully saturated rings. The SMILES string of the molecule is O=C(Nc1ccccc1)N[C@H]1CCN(C(=O)Nc2ccccc2-c2c3nc(c(-c4ccccc4)c4ccc([nH]4)c(-c4ccccc4)c4nc(c(-c5ccccc5)c5ccc2[nH]5)C=C4)C=C3)C1. The van der Waals surface area contributed by atoms with Crippen LogP contribution in [-0.2, 0) is 0 Å². The van der Waals surface area contributed by atoms with E-state index in [1.165, 1.54) is 0 Å². The van der Waals surface area contributed by atoms with Gasteiger partial charge in [-0.05, 0) is 89.9 Å². The minimum Gasteiger partial charge on any atom is -0.354 e. The minimum absolute atomic E-state index is 0.196. The topological polar surface area (TPSA) is 131 Å². The summed E-state index contributed by atoms with van der Waals surface area (Å²) in [4.78, 5) is 47.2. The molecular weight excluding hydrogens is 817 g/mol.